The lowest BCUT2D eigenvalue weighted by atomic mass is 10.0. The fourth-order valence-corrected chi connectivity index (χ4v) is 1.62. The Bertz CT molecular complexity index is 488. The van der Waals surface area contributed by atoms with Gasteiger partial charge in [0.15, 0.2) is 0 Å². The van der Waals surface area contributed by atoms with Crippen molar-refractivity contribution in [2.45, 2.75) is 13.3 Å². The Morgan fingerprint density at radius 2 is 1.94 bits per heavy atom. The maximum Gasteiger partial charge on any atom is 0.150 e. The van der Waals surface area contributed by atoms with Crippen LogP contribution in [0, 0.1) is 6.92 Å². The highest BCUT2D eigenvalue weighted by Gasteiger charge is 2.00. The standard InChI is InChI=1S/C14H13NO/c1-11-6-7-15-9-14(11)8-12-2-4-13(10-16)5-3-12/h2-7,9-10H,8H2,1H3. The first kappa shape index (κ1) is 10.6. The molecule has 0 aliphatic heterocycles. The third-order valence-corrected chi connectivity index (χ3v) is 2.66. The van der Waals surface area contributed by atoms with Gasteiger partial charge < -0.3 is 0 Å². The lowest BCUT2D eigenvalue weighted by Gasteiger charge is -2.04. The summed E-state index contributed by atoms with van der Waals surface area (Å²) in [5.41, 5.74) is 4.38. The first-order valence-corrected chi connectivity index (χ1v) is 5.23. The van der Waals surface area contributed by atoms with Crippen molar-refractivity contribution in [3.8, 4) is 0 Å². The lowest BCUT2D eigenvalue weighted by molar-refractivity contribution is 0.112. The number of carbonyl (C=O) groups is 1. The molecular weight excluding hydrogens is 198 g/mol. The van der Waals surface area contributed by atoms with Gasteiger partial charge in [0.05, 0.1) is 0 Å². The van der Waals surface area contributed by atoms with Crippen LogP contribution in [0.1, 0.15) is 27.0 Å². The molecule has 2 rings (SSSR count). The van der Waals surface area contributed by atoms with Crippen LogP contribution in [0.5, 0.6) is 0 Å². The number of hydrogen-bond acceptors (Lipinski definition) is 2. The van der Waals surface area contributed by atoms with E-state index in [0.717, 1.165) is 12.7 Å². The number of nitrogens with zero attached hydrogens (tertiary/aromatic N) is 1. The molecule has 0 N–H and O–H groups in total. The molecule has 1 aromatic heterocycles. The number of benzene rings is 1. The van der Waals surface area contributed by atoms with Crippen molar-refractivity contribution in [3.05, 3.63) is 65.0 Å². The molecule has 0 radical (unpaired) electrons. The molecule has 0 fully saturated rings. The van der Waals surface area contributed by atoms with E-state index in [0.29, 0.717) is 5.56 Å². The number of aldehydes is 1. The Hall–Kier alpha value is -1.96. The Kier molecular flexibility index (Phi) is 3.10. The number of carbonyl (C=O) groups excluding carboxylic acids is 1. The average molecular weight is 211 g/mol. The normalized spacial score (nSPS) is 10.1. The molecule has 0 saturated heterocycles. The summed E-state index contributed by atoms with van der Waals surface area (Å²) in [5, 5.41) is 0. The number of aryl methyl sites for hydroxylation is 1. The van der Waals surface area contributed by atoms with Crippen LogP contribution in [0.2, 0.25) is 0 Å². The zero-order valence-corrected chi connectivity index (χ0v) is 9.18. The van der Waals surface area contributed by atoms with Crippen LogP contribution in [0.15, 0.2) is 42.7 Å². The fraction of sp³-hybridized carbons (Fsp3) is 0.143. The van der Waals surface area contributed by atoms with Crippen LogP contribution >= 0.6 is 0 Å². The maximum absolute atomic E-state index is 10.5. The highest BCUT2D eigenvalue weighted by Crippen LogP contribution is 2.12. The summed E-state index contributed by atoms with van der Waals surface area (Å²) in [6, 6.07) is 9.66. The van der Waals surface area contributed by atoms with Gasteiger partial charge in [-0.1, -0.05) is 24.3 Å². The van der Waals surface area contributed by atoms with Crippen LogP contribution < -0.4 is 0 Å². The molecule has 2 aromatic rings. The highest BCUT2D eigenvalue weighted by molar-refractivity contribution is 5.74. The molecule has 16 heavy (non-hydrogen) atoms. The Balaban J connectivity index is 2.21. The summed E-state index contributed by atoms with van der Waals surface area (Å²) < 4.78 is 0. The molecule has 0 saturated carbocycles. The van der Waals surface area contributed by atoms with E-state index in [2.05, 4.69) is 11.9 Å². The van der Waals surface area contributed by atoms with Gasteiger partial charge >= 0.3 is 0 Å². The molecule has 0 spiro atoms. The van der Waals surface area contributed by atoms with Crippen LogP contribution in [0.25, 0.3) is 0 Å². The first-order chi connectivity index (χ1) is 7.79. The van der Waals surface area contributed by atoms with Crippen LogP contribution in [-0.2, 0) is 6.42 Å². The van der Waals surface area contributed by atoms with E-state index in [1.165, 1.54) is 16.7 Å². The van der Waals surface area contributed by atoms with Gasteiger partial charge in [-0.2, -0.15) is 0 Å². The number of rotatable bonds is 3. The van der Waals surface area contributed by atoms with Crippen molar-refractivity contribution in [3.63, 3.8) is 0 Å². The van der Waals surface area contributed by atoms with E-state index in [-0.39, 0.29) is 0 Å². The Labute approximate surface area is 95.0 Å². The third-order valence-electron chi connectivity index (χ3n) is 2.66. The van der Waals surface area contributed by atoms with Crippen molar-refractivity contribution in [2.75, 3.05) is 0 Å². The topological polar surface area (TPSA) is 30.0 Å². The van der Waals surface area contributed by atoms with E-state index in [9.17, 15) is 4.79 Å². The predicted molar refractivity (Wildman–Crippen MR) is 63.6 cm³/mol. The van der Waals surface area contributed by atoms with E-state index in [1.807, 2.05) is 36.5 Å². The smallest absolute Gasteiger partial charge is 0.150 e. The SMILES string of the molecule is Cc1ccncc1Cc1ccc(C=O)cc1. The third kappa shape index (κ3) is 2.34. The van der Waals surface area contributed by atoms with Crippen LogP contribution in [0.3, 0.4) is 0 Å². The van der Waals surface area contributed by atoms with Crippen molar-refractivity contribution < 1.29 is 4.79 Å². The molecule has 0 atom stereocenters. The number of aromatic nitrogens is 1. The molecule has 2 heteroatoms. The number of pyridine rings is 1. The van der Waals surface area contributed by atoms with Crippen molar-refractivity contribution in [1.29, 1.82) is 0 Å². The van der Waals surface area contributed by atoms with Crippen molar-refractivity contribution in [1.82, 2.24) is 4.98 Å². The largest absolute Gasteiger partial charge is 0.298 e. The van der Waals surface area contributed by atoms with Gasteiger partial charge in [-0.15, -0.1) is 0 Å². The van der Waals surface area contributed by atoms with Gasteiger partial charge in [0.25, 0.3) is 0 Å². The summed E-state index contributed by atoms with van der Waals surface area (Å²) in [4.78, 5) is 14.6. The second kappa shape index (κ2) is 4.71. The second-order valence-electron chi connectivity index (χ2n) is 3.84. The van der Waals surface area contributed by atoms with Crippen molar-refractivity contribution in [2.24, 2.45) is 0 Å². The van der Waals surface area contributed by atoms with Gasteiger partial charge in [-0.25, -0.2) is 0 Å². The van der Waals surface area contributed by atoms with E-state index < -0.39 is 0 Å². The van der Waals surface area contributed by atoms with E-state index >= 15 is 0 Å². The molecule has 1 aromatic carbocycles. The minimum Gasteiger partial charge on any atom is -0.298 e. The molecule has 80 valence electrons. The van der Waals surface area contributed by atoms with Crippen LogP contribution in [0.4, 0.5) is 0 Å². The van der Waals surface area contributed by atoms with Gasteiger partial charge in [0.1, 0.15) is 6.29 Å². The minimum absolute atomic E-state index is 0.714. The fourth-order valence-electron chi connectivity index (χ4n) is 1.62. The number of hydrogen-bond donors (Lipinski definition) is 0. The molecule has 1 heterocycles. The van der Waals surface area contributed by atoms with Gasteiger partial charge in [-0.05, 0) is 36.1 Å². The predicted octanol–water partition coefficient (Wildman–Crippen LogP) is 2.79. The highest BCUT2D eigenvalue weighted by atomic mass is 16.1. The Morgan fingerprint density at radius 1 is 1.19 bits per heavy atom. The molecule has 0 aliphatic rings. The molecule has 0 amide bonds. The molecule has 0 aliphatic carbocycles. The maximum atomic E-state index is 10.5. The van der Waals surface area contributed by atoms with Gasteiger partial charge in [0.2, 0.25) is 0 Å². The summed E-state index contributed by atoms with van der Waals surface area (Å²) in [6.07, 6.45) is 5.41. The molecule has 2 nitrogen and oxygen atoms in total. The van der Waals surface area contributed by atoms with Crippen molar-refractivity contribution >= 4 is 6.29 Å². The summed E-state index contributed by atoms with van der Waals surface area (Å²) in [7, 11) is 0. The monoisotopic (exact) mass is 211 g/mol. The van der Waals surface area contributed by atoms with E-state index in [1.54, 1.807) is 6.20 Å². The summed E-state index contributed by atoms with van der Waals surface area (Å²) in [6.45, 7) is 2.08. The zero-order chi connectivity index (χ0) is 11.4. The lowest BCUT2D eigenvalue weighted by Crippen LogP contribution is -1.93. The average Bonchev–Trinajstić information content (AvgIpc) is 2.33. The molecular formula is C14H13NO. The molecule has 0 unspecified atom stereocenters. The van der Waals surface area contributed by atoms with Crippen LogP contribution in [-0.4, -0.2) is 11.3 Å². The first-order valence-electron chi connectivity index (χ1n) is 5.23. The minimum atomic E-state index is 0.714. The zero-order valence-electron chi connectivity index (χ0n) is 9.18. The summed E-state index contributed by atoms with van der Waals surface area (Å²) >= 11 is 0. The Morgan fingerprint density at radius 3 is 2.56 bits per heavy atom. The van der Waals surface area contributed by atoms with Gasteiger partial charge in [0, 0.05) is 18.0 Å². The summed E-state index contributed by atoms with van der Waals surface area (Å²) in [5.74, 6) is 0. The quantitative estimate of drug-likeness (QED) is 0.731. The van der Waals surface area contributed by atoms with Gasteiger partial charge in [-0.3, -0.25) is 9.78 Å². The second-order valence-corrected chi connectivity index (χ2v) is 3.84. The molecule has 0 bridgehead atoms. The van der Waals surface area contributed by atoms with E-state index in [4.69, 9.17) is 0 Å².